The average molecular weight is 327 g/mol. The summed E-state index contributed by atoms with van der Waals surface area (Å²) >= 11 is 5.93. The zero-order valence-electron chi connectivity index (χ0n) is 12.3. The van der Waals surface area contributed by atoms with Gasteiger partial charge in [0.2, 0.25) is 0 Å². The second-order valence-corrected chi connectivity index (χ2v) is 5.74. The first kappa shape index (κ1) is 16.4. The molecule has 0 atom stereocenters. The van der Waals surface area contributed by atoms with E-state index in [0.29, 0.717) is 42.1 Å². The highest BCUT2D eigenvalue weighted by Gasteiger charge is 2.26. The van der Waals surface area contributed by atoms with E-state index in [2.05, 4.69) is 10.6 Å². The molecule has 120 valence electrons. The van der Waals surface area contributed by atoms with Crippen molar-refractivity contribution in [3.05, 3.63) is 23.2 Å². The van der Waals surface area contributed by atoms with Crippen molar-refractivity contribution in [3.63, 3.8) is 0 Å². The lowest BCUT2D eigenvalue weighted by molar-refractivity contribution is -0.142. The van der Waals surface area contributed by atoms with Crippen LogP contribution in [0.2, 0.25) is 5.02 Å². The molecule has 1 saturated carbocycles. The number of nitrogens with one attached hydrogen (secondary N) is 2. The number of hydrogen-bond acceptors (Lipinski definition) is 3. The molecule has 0 heterocycles. The first-order chi connectivity index (χ1) is 10.5. The topological polar surface area (TPSA) is 87.7 Å². The van der Waals surface area contributed by atoms with Crippen molar-refractivity contribution >= 4 is 29.3 Å². The van der Waals surface area contributed by atoms with Gasteiger partial charge in [-0.05, 0) is 37.8 Å². The van der Waals surface area contributed by atoms with E-state index in [4.69, 9.17) is 21.4 Å². The third kappa shape index (κ3) is 4.27. The number of ether oxygens (including phenoxy) is 1. The van der Waals surface area contributed by atoms with Crippen LogP contribution in [0.15, 0.2) is 18.2 Å². The van der Waals surface area contributed by atoms with Gasteiger partial charge in [0, 0.05) is 17.8 Å². The summed E-state index contributed by atoms with van der Waals surface area (Å²) in [7, 11) is 1.51. The standard InChI is InChI=1S/C15H19ClN2O4/c1-22-13-8-11(6-7-12(13)16)18-15(21)17-10-4-2-9(3-5-10)14(19)20/h6-10H,2-5H2,1H3,(H,19,20)(H2,17,18,21). The Labute approximate surface area is 133 Å². The van der Waals surface area contributed by atoms with E-state index in [1.54, 1.807) is 18.2 Å². The summed E-state index contributed by atoms with van der Waals surface area (Å²) < 4.78 is 5.09. The first-order valence-corrected chi connectivity index (χ1v) is 7.51. The Balaban J connectivity index is 1.85. The van der Waals surface area contributed by atoms with Gasteiger partial charge in [0.25, 0.3) is 0 Å². The molecule has 2 rings (SSSR count). The van der Waals surface area contributed by atoms with Crippen LogP contribution in [0, 0.1) is 5.92 Å². The predicted octanol–water partition coefficient (Wildman–Crippen LogP) is 3.11. The predicted molar refractivity (Wildman–Crippen MR) is 83.5 cm³/mol. The van der Waals surface area contributed by atoms with Gasteiger partial charge in [-0.3, -0.25) is 4.79 Å². The lowest BCUT2D eigenvalue weighted by atomic mass is 9.86. The van der Waals surface area contributed by atoms with Crippen molar-refractivity contribution in [2.24, 2.45) is 5.92 Å². The van der Waals surface area contributed by atoms with Crippen LogP contribution in [0.4, 0.5) is 10.5 Å². The van der Waals surface area contributed by atoms with Gasteiger partial charge < -0.3 is 20.5 Å². The van der Waals surface area contributed by atoms with Crippen molar-refractivity contribution in [1.82, 2.24) is 5.32 Å². The number of methoxy groups -OCH3 is 1. The van der Waals surface area contributed by atoms with Gasteiger partial charge >= 0.3 is 12.0 Å². The third-order valence-electron chi connectivity index (χ3n) is 3.82. The van der Waals surface area contributed by atoms with Gasteiger partial charge in [-0.2, -0.15) is 0 Å². The number of amides is 2. The second-order valence-electron chi connectivity index (χ2n) is 5.33. The van der Waals surface area contributed by atoms with Crippen LogP contribution in [0.1, 0.15) is 25.7 Å². The molecule has 0 unspecified atom stereocenters. The number of benzene rings is 1. The molecule has 1 aliphatic carbocycles. The van der Waals surface area contributed by atoms with Crippen LogP contribution in [0.25, 0.3) is 0 Å². The second kappa shape index (κ2) is 7.35. The molecule has 6 nitrogen and oxygen atoms in total. The SMILES string of the molecule is COc1cc(NC(=O)NC2CCC(C(=O)O)CC2)ccc1Cl. The van der Waals surface area contributed by atoms with Gasteiger partial charge in [0.15, 0.2) is 0 Å². The minimum atomic E-state index is -0.754. The number of hydrogen-bond donors (Lipinski definition) is 3. The Morgan fingerprint density at radius 1 is 1.27 bits per heavy atom. The molecule has 0 aliphatic heterocycles. The van der Waals surface area contributed by atoms with E-state index >= 15 is 0 Å². The minimum Gasteiger partial charge on any atom is -0.495 e. The summed E-state index contributed by atoms with van der Waals surface area (Å²) in [6.45, 7) is 0. The number of aliphatic carboxylic acids is 1. The number of carboxylic acid groups (broad SMARTS) is 1. The molecule has 1 aromatic rings. The zero-order chi connectivity index (χ0) is 16.1. The largest absolute Gasteiger partial charge is 0.495 e. The highest BCUT2D eigenvalue weighted by atomic mass is 35.5. The molecule has 2 amide bonds. The van der Waals surface area contributed by atoms with Crippen LogP contribution in [-0.2, 0) is 4.79 Å². The molecular weight excluding hydrogens is 308 g/mol. The van der Waals surface area contributed by atoms with E-state index in [9.17, 15) is 9.59 Å². The van der Waals surface area contributed by atoms with Crippen LogP contribution in [0.3, 0.4) is 0 Å². The Bertz CT molecular complexity index is 556. The summed E-state index contributed by atoms with van der Waals surface area (Å²) in [5, 5.41) is 15.0. The lowest BCUT2D eigenvalue weighted by Crippen LogP contribution is -2.40. The van der Waals surface area contributed by atoms with Crippen molar-refractivity contribution in [3.8, 4) is 5.75 Å². The van der Waals surface area contributed by atoms with Gasteiger partial charge in [-0.1, -0.05) is 11.6 Å². The molecule has 0 radical (unpaired) electrons. The van der Waals surface area contributed by atoms with Gasteiger partial charge in [0.05, 0.1) is 18.1 Å². The van der Waals surface area contributed by atoms with E-state index in [1.165, 1.54) is 7.11 Å². The zero-order valence-corrected chi connectivity index (χ0v) is 13.0. The summed E-state index contributed by atoms with van der Waals surface area (Å²) in [6.07, 6.45) is 2.53. The number of halogens is 1. The maximum Gasteiger partial charge on any atom is 0.319 e. The van der Waals surface area contributed by atoms with Crippen LogP contribution in [-0.4, -0.2) is 30.3 Å². The van der Waals surface area contributed by atoms with Gasteiger partial charge in [-0.15, -0.1) is 0 Å². The Hall–Kier alpha value is -1.95. The fourth-order valence-electron chi connectivity index (χ4n) is 2.57. The van der Waals surface area contributed by atoms with Crippen molar-refractivity contribution in [2.75, 3.05) is 12.4 Å². The van der Waals surface area contributed by atoms with Crippen LogP contribution in [0.5, 0.6) is 5.75 Å². The summed E-state index contributed by atoms with van der Waals surface area (Å²) in [4.78, 5) is 22.9. The van der Waals surface area contributed by atoms with Crippen molar-refractivity contribution < 1.29 is 19.4 Å². The minimum absolute atomic E-state index is 0.00444. The van der Waals surface area contributed by atoms with Crippen molar-refractivity contribution in [2.45, 2.75) is 31.7 Å². The van der Waals surface area contributed by atoms with Gasteiger partial charge in [-0.25, -0.2) is 4.79 Å². The van der Waals surface area contributed by atoms with E-state index in [0.717, 1.165) is 0 Å². The highest BCUT2D eigenvalue weighted by molar-refractivity contribution is 6.32. The summed E-state index contributed by atoms with van der Waals surface area (Å²) in [5.74, 6) is -0.556. The maximum atomic E-state index is 12.0. The highest BCUT2D eigenvalue weighted by Crippen LogP contribution is 2.27. The average Bonchev–Trinajstić information content (AvgIpc) is 2.49. The molecule has 1 aromatic carbocycles. The summed E-state index contributed by atoms with van der Waals surface area (Å²) in [5.41, 5.74) is 0.581. The van der Waals surface area contributed by atoms with Crippen molar-refractivity contribution in [1.29, 1.82) is 0 Å². The first-order valence-electron chi connectivity index (χ1n) is 7.13. The number of carboxylic acids is 1. The summed E-state index contributed by atoms with van der Waals surface area (Å²) in [6, 6.07) is 4.66. The molecular formula is C15H19ClN2O4. The van der Waals surface area contributed by atoms with E-state index in [-0.39, 0.29) is 18.0 Å². The number of carbonyl (C=O) groups excluding carboxylic acids is 1. The Morgan fingerprint density at radius 3 is 2.55 bits per heavy atom. The third-order valence-corrected chi connectivity index (χ3v) is 4.13. The number of carbonyl (C=O) groups is 2. The fraction of sp³-hybridized carbons (Fsp3) is 0.467. The monoisotopic (exact) mass is 326 g/mol. The molecule has 0 spiro atoms. The molecule has 3 N–H and O–H groups in total. The number of anilines is 1. The number of rotatable bonds is 4. The molecule has 1 aliphatic rings. The molecule has 0 saturated heterocycles. The number of urea groups is 1. The molecule has 22 heavy (non-hydrogen) atoms. The normalized spacial score (nSPS) is 21.0. The molecule has 0 aromatic heterocycles. The van der Waals surface area contributed by atoms with Crippen LogP contribution >= 0.6 is 11.6 Å². The fourth-order valence-corrected chi connectivity index (χ4v) is 2.77. The molecule has 1 fully saturated rings. The van der Waals surface area contributed by atoms with E-state index < -0.39 is 5.97 Å². The molecule has 7 heteroatoms. The quantitative estimate of drug-likeness (QED) is 0.793. The Kier molecular flexibility index (Phi) is 5.49. The maximum absolute atomic E-state index is 12.0. The van der Waals surface area contributed by atoms with Crippen LogP contribution < -0.4 is 15.4 Å². The smallest absolute Gasteiger partial charge is 0.319 e. The van der Waals surface area contributed by atoms with E-state index in [1.807, 2.05) is 0 Å². The Morgan fingerprint density at radius 2 is 1.95 bits per heavy atom. The lowest BCUT2D eigenvalue weighted by Gasteiger charge is -2.26. The van der Waals surface area contributed by atoms with Gasteiger partial charge in [0.1, 0.15) is 5.75 Å². The molecule has 0 bridgehead atoms.